The minimum absolute atomic E-state index is 0.324. The van der Waals surface area contributed by atoms with E-state index in [9.17, 15) is 0 Å². The Morgan fingerprint density at radius 3 is 3.06 bits per heavy atom. The number of nitrogens with zero attached hydrogens (tertiary/aromatic N) is 1. The SMILES string of the molecule is CC1(C)CCCN1Cc1cccc2c1OCCN2. The van der Waals surface area contributed by atoms with Crippen LogP contribution in [0.4, 0.5) is 5.69 Å². The largest absolute Gasteiger partial charge is 0.489 e. The van der Waals surface area contributed by atoms with Gasteiger partial charge in [0.25, 0.3) is 0 Å². The number of fused-ring (bicyclic) bond motifs is 1. The molecule has 0 bridgehead atoms. The molecule has 2 heterocycles. The maximum absolute atomic E-state index is 5.84. The van der Waals surface area contributed by atoms with Gasteiger partial charge in [0, 0.05) is 24.2 Å². The first-order chi connectivity index (χ1) is 8.67. The Balaban J connectivity index is 1.85. The number of hydrogen-bond acceptors (Lipinski definition) is 3. The average Bonchev–Trinajstić information content (AvgIpc) is 2.69. The molecule has 1 aromatic carbocycles. The number of anilines is 1. The fourth-order valence-electron chi connectivity index (χ4n) is 3.02. The Hall–Kier alpha value is -1.22. The lowest BCUT2D eigenvalue weighted by Crippen LogP contribution is -2.37. The summed E-state index contributed by atoms with van der Waals surface area (Å²) in [6, 6.07) is 6.42. The van der Waals surface area contributed by atoms with Crippen LogP contribution in [0.15, 0.2) is 18.2 Å². The van der Waals surface area contributed by atoms with Gasteiger partial charge in [0.2, 0.25) is 0 Å². The Bertz CT molecular complexity index is 442. The van der Waals surface area contributed by atoms with E-state index in [1.165, 1.54) is 24.9 Å². The van der Waals surface area contributed by atoms with E-state index in [1.807, 2.05) is 0 Å². The van der Waals surface area contributed by atoms with Crippen LogP contribution in [0.3, 0.4) is 0 Å². The molecule has 1 saturated heterocycles. The van der Waals surface area contributed by atoms with E-state index in [0.717, 1.165) is 31.1 Å². The summed E-state index contributed by atoms with van der Waals surface area (Å²) in [7, 11) is 0. The summed E-state index contributed by atoms with van der Waals surface area (Å²) in [6.45, 7) is 8.56. The Morgan fingerprint density at radius 1 is 1.39 bits per heavy atom. The highest BCUT2D eigenvalue weighted by Crippen LogP contribution is 2.35. The van der Waals surface area contributed by atoms with Crippen LogP contribution in [-0.2, 0) is 6.54 Å². The number of hydrogen-bond donors (Lipinski definition) is 1. The van der Waals surface area contributed by atoms with Crippen LogP contribution in [0.1, 0.15) is 32.3 Å². The van der Waals surface area contributed by atoms with Gasteiger partial charge in [-0.1, -0.05) is 12.1 Å². The number of para-hydroxylation sites is 1. The molecule has 0 amide bonds. The Kier molecular flexibility index (Phi) is 2.94. The lowest BCUT2D eigenvalue weighted by atomic mass is 10.0. The van der Waals surface area contributed by atoms with Gasteiger partial charge in [-0.25, -0.2) is 0 Å². The normalized spacial score (nSPS) is 22.1. The molecule has 0 spiro atoms. The van der Waals surface area contributed by atoms with Crippen LogP contribution >= 0.6 is 0 Å². The first kappa shape index (κ1) is 11.8. The van der Waals surface area contributed by atoms with Gasteiger partial charge in [-0.05, 0) is 39.3 Å². The number of ether oxygens (including phenoxy) is 1. The number of benzene rings is 1. The molecule has 0 saturated carbocycles. The molecule has 2 aliphatic heterocycles. The van der Waals surface area contributed by atoms with Gasteiger partial charge < -0.3 is 10.1 Å². The maximum atomic E-state index is 5.84. The van der Waals surface area contributed by atoms with Crippen molar-refractivity contribution in [3.05, 3.63) is 23.8 Å². The molecule has 2 aliphatic rings. The molecule has 98 valence electrons. The van der Waals surface area contributed by atoms with E-state index in [2.05, 4.69) is 42.3 Å². The molecule has 3 heteroatoms. The maximum Gasteiger partial charge on any atom is 0.146 e. The van der Waals surface area contributed by atoms with Gasteiger partial charge >= 0.3 is 0 Å². The second-order valence-electron chi connectivity index (χ2n) is 5.91. The standard InChI is InChI=1S/C15H22N2O/c1-15(2)7-4-9-17(15)11-12-5-3-6-13-14(12)18-10-8-16-13/h3,5-6,16H,4,7-11H2,1-2H3. The summed E-state index contributed by atoms with van der Waals surface area (Å²) >= 11 is 0. The van der Waals surface area contributed by atoms with Crippen LogP contribution in [0.2, 0.25) is 0 Å². The summed E-state index contributed by atoms with van der Waals surface area (Å²) in [6.07, 6.45) is 2.60. The highest BCUT2D eigenvalue weighted by atomic mass is 16.5. The smallest absolute Gasteiger partial charge is 0.146 e. The van der Waals surface area contributed by atoms with E-state index < -0.39 is 0 Å². The molecule has 3 rings (SSSR count). The summed E-state index contributed by atoms with van der Waals surface area (Å²) in [5.74, 6) is 1.06. The second-order valence-corrected chi connectivity index (χ2v) is 5.91. The first-order valence-electron chi connectivity index (χ1n) is 6.90. The topological polar surface area (TPSA) is 24.5 Å². The van der Waals surface area contributed by atoms with Gasteiger partial charge in [-0.3, -0.25) is 4.90 Å². The van der Waals surface area contributed by atoms with Crippen molar-refractivity contribution in [2.45, 2.75) is 38.8 Å². The highest BCUT2D eigenvalue weighted by molar-refractivity contribution is 5.61. The van der Waals surface area contributed by atoms with Crippen LogP contribution in [0.25, 0.3) is 0 Å². The van der Waals surface area contributed by atoms with Crippen molar-refractivity contribution in [2.75, 3.05) is 25.0 Å². The zero-order valence-electron chi connectivity index (χ0n) is 11.3. The number of nitrogens with one attached hydrogen (secondary N) is 1. The minimum Gasteiger partial charge on any atom is -0.489 e. The van der Waals surface area contributed by atoms with Gasteiger partial charge in [-0.15, -0.1) is 0 Å². The van der Waals surface area contributed by atoms with Crippen LogP contribution in [-0.4, -0.2) is 30.1 Å². The van der Waals surface area contributed by atoms with Crippen molar-refractivity contribution >= 4 is 5.69 Å². The Labute approximate surface area is 109 Å². The zero-order chi connectivity index (χ0) is 12.6. The molecule has 3 nitrogen and oxygen atoms in total. The summed E-state index contributed by atoms with van der Waals surface area (Å²) in [5.41, 5.74) is 2.79. The number of rotatable bonds is 2. The molecule has 0 aromatic heterocycles. The lowest BCUT2D eigenvalue weighted by molar-refractivity contribution is 0.164. The predicted molar refractivity (Wildman–Crippen MR) is 74.1 cm³/mol. The van der Waals surface area contributed by atoms with E-state index in [0.29, 0.717) is 5.54 Å². The van der Waals surface area contributed by atoms with Crippen LogP contribution in [0, 0.1) is 0 Å². The van der Waals surface area contributed by atoms with Gasteiger partial charge in [-0.2, -0.15) is 0 Å². The third kappa shape index (κ3) is 2.07. The fourth-order valence-corrected chi connectivity index (χ4v) is 3.02. The predicted octanol–water partition coefficient (Wildman–Crippen LogP) is 2.87. The molecular weight excluding hydrogens is 224 g/mol. The second kappa shape index (κ2) is 4.47. The third-order valence-electron chi connectivity index (χ3n) is 4.19. The molecule has 18 heavy (non-hydrogen) atoms. The average molecular weight is 246 g/mol. The molecule has 0 radical (unpaired) electrons. The van der Waals surface area contributed by atoms with Crippen LogP contribution in [0.5, 0.6) is 5.75 Å². The molecule has 0 atom stereocenters. The molecular formula is C15H22N2O. The van der Waals surface area contributed by atoms with Crippen molar-refractivity contribution in [1.29, 1.82) is 0 Å². The van der Waals surface area contributed by atoms with Crippen molar-refractivity contribution < 1.29 is 4.74 Å². The Morgan fingerprint density at radius 2 is 2.28 bits per heavy atom. The van der Waals surface area contributed by atoms with Crippen LogP contribution < -0.4 is 10.1 Å². The summed E-state index contributed by atoms with van der Waals surface area (Å²) in [5, 5.41) is 3.41. The fraction of sp³-hybridized carbons (Fsp3) is 0.600. The summed E-state index contributed by atoms with van der Waals surface area (Å²) in [4.78, 5) is 2.57. The molecule has 0 aliphatic carbocycles. The van der Waals surface area contributed by atoms with E-state index in [-0.39, 0.29) is 0 Å². The van der Waals surface area contributed by atoms with Gasteiger partial charge in [0.05, 0.1) is 5.69 Å². The zero-order valence-corrected chi connectivity index (χ0v) is 11.3. The molecule has 1 aromatic rings. The third-order valence-corrected chi connectivity index (χ3v) is 4.19. The lowest BCUT2D eigenvalue weighted by Gasteiger charge is -2.32. The van der Waals surface area contributed by atoms with E-state index in [4.69, 9.17) is 4.74 Å². The number of likely N-dealkylation sites (tertiary alicyclic amines) is 1. The van der Waals surface area contributed by atoms with Gasteiger partial charge in [0.1, 0.15) is 12.4 Å². The van der Waals surface area contributed by atoms with Crippen molar-refractivity contribution in [3.63, 3.8) is 0 Å². The van der Waals surface area contributed by atoms with Gasteiger partial charge in [0.15, 0.2) is 0 Å². The quantitative estimate of drug-likeness (QED) is 0.868. The molecule has 1 fully saturated rings. The molecule has 1 N–H and O–H groups in total. The summed E-state index contributed by atoms with van der Waals surface area (Å²) < 4.78 is 5.84. The first-order valence-corrected chi connectivity index (χ1v) is 6.90. The van der Waals surface area contributed by atoms with E-state index >= 15 is 0 Å². The van der Waals surface area contributed by atoms with Crippen molar-refractivity contribution in [3.8, 4) is 5.75 Å². The molecule has 0 unspecified atom stereocenters. The monoisotopic (exact) mass is 246 g/mol. The highest BCUT2D eigenvalue weighted by Gasteiger charge is 2.32. The van der Waals surface area contributed by atoms with E-state index in [1.54, 1.807) is 0 Å². The minimum atomic E-state index is 0.324. The van der Waals surface area contributed by atoms with Crippen molar-refractivity contribution in [2.24, 2.45) is 0 Å². The van der Waals surface area contributed by atoms with Crippen molar-refractivity contribution in [1.82, 2.24) is 4.90 Å².